The maximum Gasteiger partial charge on any atom is 0.193 e. The van der Waals surface area contributed by atoms with Gasteiger partial charge >= 0.3 is 0 Å². The third kappa shape index (κ3) is 4.93. The summed E-state index contributed by atoms with van der Waals surface area (Å²) in [6.07, 6.45) is 4.99. The highest BCUT2D eigenvalue weighted by Gasteiger charge is 2.41. The van der Waals surface area contributed by atoms with Gasteiger partial charge in [-0.15, -0.1) is 24.0 Å². The van der Waals surface area contributed by atoms with E-state index in [0.29, 0.717) is 22.9 Å². The van der Waals surface area contributed by atoms with Crippen molar-refractivity contribution in [1.29, 1.82) is 0 Å². The molecule has 0 aliphatic heterocycles. The lowest BCUT2D eigenvalue weighted by atomic mass is 10.0. The minimum atomic E-state index is 0. The Bertz CT molecular complexity index is 516. The molecule has 124 valence electrons. The number of methoxy groups -OCH3 is 2. The fourth-order valence-electron chi connectivity index (χ4n) is 2.55. The standard InChI is InChI=1S/C16H25N3O2.HI/c1-4-7-16(8-9-16)11-18-15(17)19-12-5-6-13(20-2)14(10-12)21-3;/h5-6,10H,4,7-9,11H2,1-3H3,(H3,17,18,19);1H. The van der Waals surface area contributed by atoms with Gasteiger partial charge in [-0.3, -0.25) is 4.99 Å². The number of rotatable bonds is 7. The van der Waals surface area contributed by atoms with Gasteiger partial charge in [-0.05, 0) is 36.8 Å². The molecule has 0 amide bonds. The largest absolute Gasteiger partial charge is 0.493 e. The zero-order valence-corrected chi connectivity index (χ0v) is 15.8. The van der Waals surface area contributed by atoms with Crippen LogP contribution in [0.1, 0.15) is 32.6 Å². The van der Waals surface area contributed by atoms with E-state index in [1.54, 1.807) is 14.2 Å². The first kappa shape index (κ1) is 18.9. The Morgan fingerprint density at radius 2 is 1.95 bits per heavy atom. The van der Waals surface area contributed by atoms with Gasteiger partial charge in [0.05, 0.1) is 14.2 Å². The van der Waals surface area contributed by atoms with Crippen molar-refractivity contribution in [2.75, 3.05) is 26.1 Å². The minimum absolute atomic E-state index is 0. The molecule has 3 N–H and O–H groups in total. The fraction of sp³-hybridized carbons (Fsp3) is 0.562. The molecule has 0 spiro atoms. The quantitative estimate of drug-likeness (QED) is 0.403. The number of ether oxygens (including phenoxy) is 2. The van der Waals surface area contributed by atoms with E-state index in [-0.39, 0.29) is 24.0 Å². The van der Waals surface area contributed by atoms with Crippen LogP contribution in [0.15, 0.2) is 23.2 Å². The molecule has 1 aromatic carbocycles. The second-order valence-electron chi connectivity index (χ2n) is 5.65. The molecule has 0 heterocycles. The van der Waals surface area contributed by atoms with Crippen LogP contribution < -0.4 is 20.5 Å². The second kappa shape index (κ2) is 8.45. The maximum absolute atomic E-state index is 5.97. The maximum atomic E-state index is 5.97. The number of aliphatic imine (C=N–C) groups is 1. The van der Waals surface area contributed by atoms with E-state index in [2.05, 4.69) is 17.2 Å². The number of hydrogen-bond acceptors (Lipinski definition) is 3. The Morgan fingerprint density at radius 1 is 1.27 bits per heavy atom. The Kier molecular flexibility index (Phi) is 7.25. The molecular formula is C16H26IN3O2. The Morgan fingerprint density at radius 3 is 2.50 bits per heavy atom. The van der Waals surface area contributed by atoms with Gasteiger partial charge < -0.3 is 20.5 Å². The van der Waals surface area contributed by atoms with Crippen molar-refractivity contribution in [3.8, 4) is 11.5 Å². The zero-order chi connectivity index (χ0) is 15.3. The molecule has 2 rings (SSSR count). The van der Waals surface area contributed by atoms with Gasteiger partial charge in [0.25, 0.3) is 0 Å². The van der Waals surface area contributed by atoms with Gasteiger partial charge in [0.2, 0.25) is 0 Å². The first-order chi connectivity index (χ1) is 10.1. The normalized spacial score (nSPS) is 15.7. The lowest BCUT2D eigenvalue weighted by Gasteiger charge is -2.13. The van der Waals surface area contributed by atoms with Crippen molar-refractivity contribution in [3.05, 3.63) is 18.2 Å². The van der Waals surface area contributed by atoms with Crippen molar-refractivity contribution in [3.63, 3.8) is 0 Å². The molecule has 0 bridgehead atoms. The molecule has 0 aromatic heterocycles. The molecule has 0 unspecified atom stereocenters. The summed E-state index contributed by atoms with van der Waals surface area (Å²) in [7, 11) is 3.23. The van der Waals surface area contributed by atoms with Crippen molar-refractivity contribution in [2.24, 2.45) is 16.1 Å². The van der Waals surface area contributed by atoms with E-state index in [0.717, 1.165) is 12.2 Å². The zero-order valence-electron chi connectivity index (χ0n) is 13.5. The van der Waals surface area contributed by atoms with E-state index >= 15 is 0 Å². The number of nitrogens with two attached hydrogens (primary N) is 1. The molecule has 5 nitrogen and oxygen atoms in total. The number of halogens is 1. The fourth-order valence-corrected chi connectivity index (χ4v) is 2.55. The van der Waals surface area contributed by atoms with Crippen molar-refractivity contribution < 1.29 is 9.47 Å². The first-order valence-electron chi connectivity index (χ1n) is 7.41. The summed E-state index contributed by atoms with van der Waals surface area (Å²) >= 11 is 0. The van der Waals surface area contributed by atoms with Crippen LogP contribution in [0.25, 0.3) is 0 Å². The summed E-state index contributed by atoms with van der Waals surface area (Å²) in [4.78, 5) is 4.48. The summed E-state index contributed by atoms with van der Waals surface area (Å²) in [5.74, 6) is 1.81. The predicted octanol–water partition coefficient (Wildman–Crippen LogP) is 3.63. The molecule has 1 aliphatic carbocycles. The second-order valence-corrected chi connectivity index (χ2v) is 5.65. The lowest BCUT2D eigenvalue weighted by Crippen LogP contribution is -2.24. The lowest BCUT2D eigenvalue weighted by molar-refractivity contribution is 0.355. The van der Waals surface area contributed by atoms with E-state index in [4.69, 9.17) is 15.2 Å². The summed E-state index contributed by atoms with van der Waals surface area (Å²) in [5, 5.41) is 3.10. The van der Waals surface area contributed by atoms with E-state index < -0.39 is 0 Å². The number of benzene rings is 1. The minimum Gasteiger partial charge on any atom is -0.493 e. The average Bonchev–Trinajstić information content (AvgIpc) is 3.25. The topological polar surface area (TPSA) is 68.9 Å². The monoisotopic (exact) mass is 419 g/mol. The summed E-state index contributed by atoms with van der Waals surface area (Å²) < 4.78 is 10.5. The number of anilines is 1. The van der Waals surface area contributed by atoms with Crippen LogP contribution in [0.4, 0.5) is 5.69 Å². The van der Waals surface area contributed by atoms with Gasteiger partial charge in [0.1, 0.15) is 0 Å². The van der Waals surface area contributed by atoms with Crippen LogP contribution in [-0.2, 0) is 0 Å². The third-order valence-corrected chi connectivity index (χ3v) is 3.98. The number of nitrogens with zero attached hydrogens (tertiary/aromatic N) is 1. The van der Waals surface area contributed by atoms with Crippen LogP contribution in [-0.4, -0.2) is 26.7 Å². The highest BCUT2D eigenvalue weighted by Crippen LogP contribution is 2.49. The van der Waals surface area contributed by atoms with Crippen LogP contribution in [0.2, 0.25) is 0 Å². The highest BCUT2D eigenvalue weighted by atomic mass is 127. The van der Waals surface area contributed by atoms with Crippen LogP contribution in [0.5, 0.6) is 11.5 Å². The molecule has 0 radical (unpaired) electrons. The number of guanidine groups is 1. The predicted molar refractivity (Wildman–Crippen MR) is 102 cm³/mol. The van der Waals surface area contributed by atoms with Gasteiger partial charge in [-0.25, -0.2) is 0 Å². The summed E-state index contributed by atoms with van der Waals surface area (Å²) in [6.45, 7) is 3.03. The highest BCUT2D eigenvalue weighted by molar-refractivity contribution is 14.0. The molecule has 1 aliphatic rings. The molecular weight excluding hydrogens is 393 g/mol. The summed E-state index contributed by atoms with van der Waals surface area (Å²) in [5.41, 5.74) is 7.22. The van der Waals surface area contributed by atoms with Crippen LogP contribution >= 0.6 is 24.0 Å². The molecule has 1 aromatic rings. The Balaban J connectivity index is 0.00000242. The van der Waals surface area contributed by atoms with E-state index in [1.165, 1.54) is 25.7 Å². The molecule has 22 heavy (non-hydrogen) atoms. The molecule has 1 saturated carbocycles. The van der Waals surface area contributed by atoms with Crippen molar-refractivity contribution in [2.45, 2.75) is 32.6 Å². The van der Waals surface area contributed by atoms with Gasteiger partial charge in [-0.2, -0.15) is 0 Å². The number of nitrogens with one attached hydrogen (secondary N) is 1. The Labute approximate surface area is 149 Å². The molecule has 0 atom stereocenters. The van der Waals surface area contributed by atoms with Crippen LogP contribution in [0, 0.1) is 5.41 Å². The Hall–Kier alpha value is -1.18. The molecule has 1 fully saturated rings. The SMILES string of the molecule is CCCC1(CN=C(N)Nc2ccc(OC)c(OC)c2)CC1.I. The van der Waals surface area contributed by atoms with Gasteiger partial charge in [0.15, 0.2) is 17.5 Å². The first-order valence-corrected chi connectivity index (χ1v) is 7.41. The average molecular weight is 419 g/mol. The molecule has 6 heteroatoms. The van der Waals surface area contributed by atoms with Crippen molar-refractivity contribution in [1.82, 2.24) is 0 Å². The van der Waals surface area contributed by atoms with Gasteiger partial charge in [0, 0.05) is 18.3 Å². The van der Waals surface area contributed by atoms with Crippen LogP contribution in [0.3, 0.4) is 0 Å². The summed E-state index contributed by atoms with van der Waals surface area (Å²) in [6, 6.07) is 5.58. The van der Waals surface area contributed by atoms with E-state index in [9.17, 15) is 0 Å². The van der Waals surface area contributed by atoms with Gasteiger partial charge in [-0.1, -0.05) is 13.3 Å². The van der Waals surface area contributed by atoms with E-state index in [1.807, 2.05) is 18.2 Å². The van der Waals surface area contributed by atoms with Crippen molar-refractivity contribution >= 4 is 35.6 Å². The number of hydrogen-bond donors (Lipinski definition) is 2. The molecule has 0 saturated heterocycles. The third-order valence-electron chi connectivity index (χ3n) is 3.98. The smallest absolute Gasteiger partial charge is 0.193 e.